The van der Waals surface area contributed by atoms with Crippen LogP contribution in [0.3, 0.4) is 0 Å². The summed E-state index contributed by atoms with van der Waals surface area (Å²) >= 11 is 0. The highest BCUT2D eigenvalue weighted by Gasteiger charge is 2.33. The van der Waals surface area contributed by atoms with E-state index in [-0.39, 0.29) is 17.6 Å². The molecule has 1 N–H and O–H groups in total. The van der Waals surface area contributed by atoms with Crippen LogP contribution < -0.4 is 10.9 Å². The minimum Gasteiger partial charge on any atom is -0.384 e. The van der Waals surface area contributed by atoms with Crippen molar-refractivity contribution >= 4 is 0 Å². The topological polar surface area (TPSA) is 60.1 Å². The lowest BCUT2D eigenvalue weighted by atomic mass is 9.95. The number of aromatic nitrogens is 2. The smallest absolute Gasteiger partial charge is 0.384 e. The van der Waals surface area contributed by atoms with Crippen molar-refractivity contribution in [2.75, 3.05) is 6.54 Å². The zero-order chi connectivity index (χ0) is 15.7. The van der Waals surface area contributed by atoms with E-state index in [1.807, 2.05) is 0 Å². The molecule has 0 radical (unpaired) electrons. The zero-order valence-corrected chi connectivity index (χ0v) is 11.5. The fraction of sp³-hybridized carbons (Fsp3) is 0.429. The van der Waals surface area contributed by atoms with Gasteiger partial charge in [0.25, 0.3) is 5.56 Å². The molecule has 0 bridgehead atoms. The van der Waals surface area contributed by atoms with E-state index in [1.54, 1.807) is 0 Å². The number of nitrogens with one attached hydrogen (secondary N) is 1. The third-order valence-corrected chi connectivity index (χ3v) is 3.79. The maximum absolute atomic E-state index is 12.5. The molecular weight excluding hydrogens is 299 g/mol. The summed E-state index contributed by atoms with van der Waals surface area (Å²) in [6, 6.07) is 3.46. The third kappa shape index (κ3) is 2.92. The summed E-state index contributed by atoms with van der Waals surface area (Å²) in [4.78, 5) is 15.1. The van der Waals surface area contributed by atoms with E-state index < -0.39 is 11.9 Å². The molecule has 0 spiro atoms. The largest absolute Gasteiger partial charge is 0.433 e. The SMILES string of the molecule is O=c1ccon1[C@H]1CCN[C@H](c2ccc(C(F)(F)F)nc2)C1. The Hall–Kier alpha value is -2.09. The van der Waals surface area contributed by atoms with E-state index >= 15 is 0 Å². The first-order valence-corrected chi connectivity index (χ1v) is 6.88. The van der Waals surface area contributed by atoms with Crippen molar-refractivity contribution in [3.8, 4) is 0 Å². The zero-order valence-electron chi connectivity index (χ0n) is 11.5. The molecule has 5 nitrogen and oxygen atoms in total. The highest BCUT2D eigenvalue weighted by atomic mass is 19.4. The second-order valence-corrected chi connectivity index (χ2v) is 5.23. The number of alkyl halides is 3. The van der Waals surface area contributed by atoms with Gasteiger partial charge in [0.1, 0.15) is 12.0 Å². The van der Waals surface area contributed by atoms with Crippen LogP contribution in [0.5, 0.6) is 0 Å². The van der Waals surface area contributed by atoms with Crippen molar-refractivity contribution in [1.29, 1.82) is 0 Å². The predicted octanol–water partition coefficient (Wildman–Crippen LogP) is 2.52. The van der Waals surface area contributed by atoms with E-state index in [2.05, 4.69) is 10.3 Å². The van der Waals surface area contributed by atoms with E-state index in [4.69, 9.17) is 4.52 Å². The van der Waals surface area contributed by atoms with Crippen molar-refractivity contribution in [3.05, 3.63) is 52.3 Å². The lowest BCUT2D eigenvalue weighted by molar-refractivity contribution is -0.141. The number of pyridine rings is 1. The molecule has 1 saturated heterocycles. The molecule has 0 aliphatic carbocycles. The van der Waals surface area contributed by atoms with E-state index in [0.717, 1.165) is 12.5 Å². The van der Waals surface area contributed by atoms with Crippen molar-refractivity contribution in [2.24, 2.45) is 0 Å². The van der Waals surface area contributed by atoms with Gasteiger partial charge in [0.2, 0.25) is 0 Å². The minimum absolute atomic E-state index is 0.115. The maximum Gasteiger partial charge on any atom is 0.433 e. The van der Waals surface area contributed by atoms with Crippen molar-refractivity contribution < 1.29 is 17.7 Å². The molecule has 0 unspecified atom stereocenters. The first kappa shape index (κ1) is 14.8. The first-order chi connectivity index (χ1) is 10.4. The second-order valence-electron chi connectivity index (χ2n) is 5.23. The Kier molecular flexibility index (Phi) is 3.78. The Bertz CT molecular complexity index is 690. The highest BCUT2D eigenvalue weighted by molar-refractivity contribution is 5.20. The monoisotopic (exact) mass is 313 g/mol. The molecule has 1 aliphatic heterocycles. The summed E-state index contributed by atoms with van der Waals surface area (Å²) < 4.78 is 44.1. The Labute approximate surface area is 123 Å². The van der Waals surface area contributed by atoms with Crippen LogP contribution in [0.2, 0.25) is 0 Å². The quantitative estimate of drug-likeness (QED) is 0.925. The van der Waals surface area contributed by atoms with Crippen molar-refractivity contribution in [2.45, 2.75) is 31.1 Å². The Balaban J connectivity index is 1.77. The van der Waals surface area contributed by atoms with Gasteiger partial charge in [-0.3, -0.25) is 9.78 Å². The molecule has 2 aromatic rings. The lowest BCUT2D eigenvalue weighted by Gasteiger charge is -2.30. The maximum atomic E-state index is 12.5. The Morgan fingerprint density at radius 3 is 2.73 bits per heavy atom. The van der Waals surface area contributed by atoms with Gasteiger partial charge >= 0.3 is 6.18 Å². The van der Waals surface area contributed by atoms with Gasteiger partial charge in [-0.25, -0.2) is 0 Å². The standard InChI is InChI=1S/C14H14F3N3O2/c15-14(16,17)12-2-1-9(8-19-12)11-7-10(3-5-18-11)20-13(21)4-6-22-20/h1-2,4,6,8,10-11,18H,3,5,7H2/t10-,11-/m0/s1. The van der Waals surface area contributed by atoms with E-state index in [9.17, 15) is 18.0 Å². The summed E-state index contributed by atoms with van der Waals surface area (Å²) in [5.41, 5.74) is -0.459. The fourth-order valence-electron chi connectivity index (χ4n) is 2.69. The molecular formula is C14H14F3N3O2. The highest BCUT2D eigenvalue weighted by Crippen LogP contribution is 2.31. The van der Waals surface area contributed by atoms with Gasteiger partial charge in [0, 0.05) is 18.3 Å². The molecule has 2 aromatic heterocycles. The third-order valence-electron chi connectivity index (χ3n) is 3.79. The number of nitrogens with zero attached hydrogens (tertiary/aromatic N) is 2. The number of hydrogen-bond donors (Lipinski definition) is 1. The summed E-state index contributed by atoms with van der Waals surface area (Å²) in [6.45, 7) is 0.642. The van der Waals surface area contributed by atoms with Gasteiger partial charge in [-0.15, -0.1) is 0 Å². The summed E-state index contributed by atoms with van der Waals surface area (Å²) in [7, 11) is 0. The van der Waals surface area contributed by atoms with E-state index in [0.29, 0.717) is 18.5 Å². The summed E-state index contributed by atoms with van der Waals surface area (Å²) in [5, 5.41) is 3.23. The summed E-state index contributed by atoms with van der Waals surface area (Å²) in [6.07, 6.45) is -0.603. The molecule has 2 atom stereocenters. The average molecular weight is 313 g/mol. The van der Waals surface area contributed by atoms with Crippen LogP contribution in [0, 0.1) is 0 Å². The fourth-order valence-corrected chi connectivity index (χ4v) is 2.69. The van der Waals surface area contributed by atoms with Gasteiger partial charge in [0.05, 0.1) is 6.04 Å². The molecule has 3 rings (SSSR count). The van der Waals surface area contributed by atoms with Crippen LogP contribution >= 0.6 is 0 Å². The Morgan fingerprint density at radius 2 is 2.14 bits per heavy atom. The number of piperidine rings is 1. The van der Waals surface area contributed by atoms with Gasteiger partial charge in [-0.1, -0.05) is 6.07 Å². The van der Waals surface area contributed by atoms with Crippen LogP contribution in [0.1, 0.15) is 36.2 Å². The molecule has 0 saturated carbocycles. The molecule has 0 amide bonds. The van der Waals surface area contributed by atoms with Gasteiger partial charge in [0.15, 0.2) is 0 Å². The number of rotatable bonds is 2. The Morgan fingerprint density at radius 1 is 1.32 bits per heavy atom. The van der Waals surface area contributed by atoms with Gasteiger partial charge < -0.3 is 9.84 Å². The van der Waals surface area contributed by atoms with Crippen LogP contribution in [-0.2, 0) is 6.18 Å². The van der Waals surface area contributed by atoms with Crippen LogP contribution in [0.25, 0.3) is 0 Å². The molecule has 3 heterocycles. The second kappa shape index (κ2) is 5.60. The lowest BCUT2D eigenvalue weighted by Crippen LogP contribution is -2.35. The van der Waals surface area contributed by atoms with Crippen LogP contribution in [0.4, 0.5) is 13.2 Å². The molecule has 0 aromatic carbocycles. The predicted molar refractivity (Wildman–Crippen MR) is 71.2 cm³/mol. The van der Waals surface area contributed by atoms with Gasteiger partial charge in [-0.2, -0.15) is 17.9 Å². The molecule has 118 valence electrons. The number of hydrogen-bond acceptors (Lipinski definition) is 4. The molecule has 22 heavy (non-hydrogen) atoms. The minimum atomic E-state index is -4.44. The van der Waals surface area contributed by atoms with Gasteiger partial charge in [-0.05, 0) is 31.0 Å². The average Bonchev–Trinajstić information content (AvgIpc) is 2.93. The molecule has 1 fully saturated rings. The van der Waals surface area contributed by atoms with Crippen LogP contribution in [0.15, 0.2) is 40.0 Å². The molecule has 8 heteroatoms. The van der Waals surface area contributed by atoms with Crippen molar-refractivity contribution in [1.82, 2.24) is 15.0 Å². The number of halogens is 3. The van der Waals surface area contributed by atoms with E-state index in [1.165, 1.54) is 29.3 Å². The summed E-state index contributed by atoms with van der Waals surface area (Å²) in [5.74, 6) is 0. The normalized spacial score (nSPS) is 22.7. The van der Waals surface area contributed by atoms with Crippen molar-refractivity contribution in [3.63, 3.8) is 0 Å². The van der Waals surface area contributed by atoms with Crippen LogP contribution in [-0.4, -0.2) is 16.3 Å². The molecule has 1 aliphatic rings. The first-order valence-electron chi connectivity index (χ1n) is 6.88.